The lowest BCUT2D eigenvalue weighted by molar-refractivity contribution is -0.103. The summed E-state index contributed by atoms with van der Waals surface area (Å²) >= 11 is 0. The Kier molecular flexibility index (Phi) is 2.24. The highest BCUT2D eigenvalue weighted by molar-refractivity contribution is 5.31. The third kappa shape index (κ3) is 1.33. The summed E-state index contributed by atoms with van der Waals surface area (Å²) in [6.07, 6.45) is 3.58. The van der Waals surface area contributed by atoms with E-state index in [0.29, 0.717) is 13.2 Å². The fourth-order valence-corrected chi connectivity index (χ4v) is 1.95. The van der Waals surface area contributed by atoms with Crippen LogP contribution in [0.25, 0.3) is 0 Å². The molecular formula is C12H14N2O. The Balaban J connectivity index is 2.44. The van der Waals surface area contributed by atoms with Crippen molar-refractivity contribution in [3.8, 4) is 6.07 Å². The maximum absolute atomic E-state index is 9.23. The molecule has 0 atom stereocenters. The van der Waals surface area contributed by atoms with E-state index in [1.165, 1.54) is 0 Å². The largest absolute Gasteiger partial charge is 0.379 e. The predicted molar refractivity (Wildman–Crippen MR) is 56.1 cm³/mol. The lowest BCUT2D eigenvalue weighted by atomic mass is 9.61. The quantitative estimate of drug-likeness (QED) is 0.735. The van der Waals surface area contributed by atoms with Crippen LogP contribution in [0.1, 0.15) is 19.4 Å². The van der Waals surface area contributed by atoms with Crippen LogP contribution in [0.5, 0.6) is 0 Å². The van der Waals surface area contributed by atoms with Gasteiger partial charge in [-0.2, -0.15) is 5.26 Å². The Labute approximate surface area is 89.7 Å². The monoisotopic (exact) mass is 202 g/mol. The molecule has 1 aliphatic rings. The minimum Gasteiger partial charge on any atom is -0.379 e. The zero-order chi connectivity index (χ0) is 10.9. The van der Waals surface area contributed by atoms with Crippen molar-refractivity contribution < 1.29 is 4.74 Å². The van der Waals surface area contributed by atoms with E-state index in [1.807, 2.05) is 32.2 Å². The van der Waals surface area contributed by atoms with Gasteiger partial charge < -0.3 is 4.74 Å². The summed E-state index contributed by atoms with van der Waals surface area (Å²) in [5.74, 6) is 0. The number of nitrogens with zero attached hydrogens (tertiary/aromatic N) is 2. The second kappa shape index (κ2) is 3.32. The molecule has 0 aromatic carbocycles. The number of hydrogen-bond acceptors (Lipinski definition) is 3. The Hall–Kier alpha value is -1.40. The molecule has 15 heavy (non-hydrogen) atoms. The molecule has 0 unspecified atom stereocenters. The van der Waals surface area contributed by atoms with E-state index in [1.54, 1.807) is 6.20 Å². The smallest absolute Gasteiger partial charge is 0.0695 e. The maximum Gasteiger partial charge on any atom is 0.0695 e. The molecule has 0 radical (unpaired) electrons. The molecule has 2 rings (SSSR count). The number of rotatable bonds is 2. The highest BCUT2D eigenvalue weighted by Crippen LogP contribution is 2.46. The average Bonchev–Trinajstić information content (AvgIpc) is 2.17. The Morgan fingerprint density at radius 3 is 2.67 bits per heavy atom. The molecule has 3 heteroatoms. The molecule has 2 heterocycles. The molecule has 0 spiro atoms. The summed E-state index contributed by atoms with van der Waals surface area (Å²) in [4.78, 5) is 4.12. The van der Waals surface area contributed by atoms with E-state index < -0.39 is 5.41 Å². The van der Waals surface area contributed by atoms with Crippen molar-refractivity contribution in [1.29, 1.82) is 5.26 Å². The molecule has 0 amide bonds. The number of aromatic nitrogens is 1. The summed E-state index contributed by atoms with van der Waals surface area (Å²) < 4.78 is 5.30. The molecule has 0 saturated carbocycles. The Bertz CT molecular complexity index is 388. The number of nitriles is 1. The summed E-state index contributed by atoms with van der Waals surface area (Å²) in [5, 5.41) is 9.23. The fourth-order valence-electron chi connectivity index (χ4n) is 1.95. The van der Waals surface area contributed by atoms with Crippen LogP contribution < -0.4 is 0 Å². The van der Waals surface area contributed by atoms with E-state index in [4.69, 9.17) is 4.74 Å². The van der Waals surface area contributed by atoms with Crippen LogP contribution in [0.3, 0.4) is 0 Å². The summed E-state index contributed by atoms with van der Waals surface area (Å²) in [6.45, 7) is 5.14. The fraction of sp³-hybridized carbons (Fsp3) is 0.500. The highest BCUT2D eigenvalue weighted by atomic mass is 16.5. The van der Waals surface area contributed by atoms with E-state index in [2.05, 4.69) is 11.1 Å². The van der Waals surface area contributed by atoms with Gasteiger partial charge in [0.25, 0.3) is 0 Å². The van der Waals surface area contributed by atoms with Gasteiger partial charge >= 0.3 is 0 Å². The van der Waals surface area contributed by atoms with Gasteiger partial charge in [-0.3, -0.25) is 4.98 Å². The Morgan fingerprint density at radius 2 is 2.27 bits per heavy atom. The van der Waals surface area contributed by atoms with Gasteiger partial charge in [0.05, 0.1) is 30.1 Å². The third-order valence-corrected chi connectivity index (χ3v) is 3.39. The molecule has 1 aliphatic heterocycles. The lowest BCUT2D eigenvalue weighted by Crippen LogP contribution is -2.56. The van der Waals surface area contributed by atoms with Crippen LogP contribution in [0, 0.1) is 16.7 Å². The van der Waals surface area contributed by atoms with Gasteiger partial charge in [0.2, 0.25) is 0 Å². The molecule has 1 aromatic rings. The normalized spacial score (nSPS) is 19.0. The van der Waals surface area contributed by atoms with Gasteiger partial charge in [0.1, 0.15) is 0 Å². The molecule has 1 fully saturated rings. The SMILES string of the molecule is CC(C)(C#N)C1(c2cccnc2)COC1. The van der Waals surface area contributed by atoms with Crippen molar-refractivity contribution in [3.63, 3.8) is 0 Å². The molecule has 1 saturated heterocycles. The van der Waals surface area contributed by atoms with Crippen molar-refractivity contribution in [1.82, 2.24) is 4.98 Å². The standard InChI is InChI=1S/C12H14N2O/c1-11(2,7-13)12(8-15-9-12)10-4-3-5-14-6-10/h3-6H,8-9H2,1-2H3. The molecular weight excluding hydrogens is 188 g/mol. The van der Waals surface area contributed by atoms with Crippen molar-refractivity contribution in [2.45, 2.75) is 19.3 Å². The van der Waals surface area contributed by atoms with Gasteiger partial charge in [-0.15, -0.1) is 0 Å². The van der Waals surface area contributed by atoms with Gasteiger partial charge in [0, 0.05) is 12.4 Å². The predicted octanol–water partition coefficient (Wildman–Crippen LogP) is 1.90. The van der Waals surface area contributed by atoms with E-state index in [9.17, 15) is 5.26 Å². The molecule has 78 valence electrons. The van der Waals surface area contributed by atoms with Gasteiger partial charge in [-0.1, -0.05) is 6.07 Å². The van der Waals surface area contributed by atoms with E-state index in [0.717, 1.165) is 5.56 Å². The topological polar surface area (TPSA) is 45.9 Å². The van der Waals surface area contributed by atoms with Crippen LogP contribution in [-0.4, -0.2) is 18.2 Å². The van der Waals surface area contributed by atoms with Crippen molar-refractivity contribution in [2.24, 2.45) is 5.41 Å². The molecule has 3 nitrogen and oxygen atoms in total. The summed E-state index contributed by atoms with van der Waals surface area (Å²) in [6, 6.07) is 6.30. The zero-order valence-corrected chi connectivity index (χ0v) is 9.03. The summed E-state index contributed by atoms with van der Waals surface area (Å²) in [5.41, 5.74) is 0.493. The van der Waals surface area contributed by atoms with Crippen LogP contribution in [0.15, 0.2) is 24.5 Å². The summed E-state index contributed by atoms with van der Waals surface area (Å²) in [7, 11) is 0. The molecule has 0 N–H and O–H groups in total. The van der Waals surface area contributed by atoms with Crippen LogP contribution in [0.4, 0.5) is 0 Å². The van der Waals surface area contributed by atoms with Crippen LogP contribution >= 0.6 is 0 Å². The first-order valence-corrected chi connectivity index (χ1v) is 5.02. The van der Waals surface area contributed by atoms with Crippen molar-refractivity contribution in [2.75, 3.05) is 13.2 Å². The second-order valence-corrected chi connectivity index (χ2v) is 4.55. The minimum absolute atomic E-state index is 0.185. The molecule has 0 bridgehead atoms. The second-order valence-electron chi connectivity index (χ2n) is 4.55. The van der Waals surface area contributed by atoms with Crippen LogP contribution in [0.2, 0.25) is 0 Å². The molecule has 0 aliphatic carbocycles. The number of hydrogen-bond donors (Lipinski definition) is 0. The lowest BCUT2D eigenvalue weighted by Gasteiger charge is -2.49. The third-order valence-electron chi connectivity index (χ3n) is 3.39. The van der Waals surface area contributed by atoms with E-state index >= 15 is 0 Å². The van der Waals surface area contributed by atoms with Gasteiger partial charge in [0.15, 0.2) is 0 Å². The first-order chi connectivity index (χ1) is 7.12. The average molecular weight is 202 g/mol. The van der Waals surface area contributed by atoms with Gasteiger partial charge in [-0.05, 0) is 25.5 Å². The zero-order valence-electron chi connectivity index (χ0n) is 9.03. The maximum atomic E-state index is 9.23. The highest BCUT2D eigenvalue weighted by Gasteiger charge is 2.52. The van der Waals surface area contributed by atoms with Gasteiger partial charge in [-0.25, -0.2) is 0 Å². The first kappa shape index (κ1) is 10.1. The Morgan fingerprint density at radius 1 is 1.53 bits per heavy atom. The van der Waals surface area contributed by atoms with E-state index in [-0.39, 0.29) is 5.41 Å². The first-order valence-electron chi connectivity index (χ1n) is 5.02. The molecule has 1 aromatic heterocycles. The number of ether oxygens (including phenoxy) is 1. The minimum atomic E-state index is -0.422. The number of pyridine rings is 1. The van der Waals surface area contributed by atoms with Crippen molar-refractivity contribution >= 4 is 0 Å². The van der Waals surface area contributed by atoms with Crippen LogP contribution in [-0.2, 0) is 10.2 Å². The van der Waals surface area contributed by atoms with Crippen molar-refractivity contribution in [3.05, 3.63) is 30.1 Å².